The maximum Gasteiger partial charge on any atom is 0.341 e. The molecule has 106 valence electrons. The molecule has 3 N–H and O–H groups in total. The second-order valence-electron chi connectivity index (χ2n) is 4.29. The molecule has 0 aliphatic rings. The molecule has 0 bridgehead atoms. The Balaban J connectivity index is 2.59. The van der Waals surface area contributed by atoms with Crippen LogP contribution in [0.25, 0.3) is 0 Å². The monoisotopic (exact) mass is 268 g/mol. The first kappa shape index (κ1) is 15.2. The number of rotatable bonds is 6. The third-order valence-electron chi connectivity index (χ3n) is 2.75. The number of furan rings is 1. The predicted molar refractivity (Wildman–Crippen MR) is 69.5 cm³/mol. The van der Waals surface area contributed by atoms with E-state index in [1.807, 2.05) is 6.92 Å². The zero-order valence-corrected chi connectivity index (χ0v) is 11.5. The first-order valence-electron chi connectivity index (χ1n) is 6.20. The summed E-state index contributed by atoms with van der Waals surface area (Å²) in [5, 5.41) is 2.67. The van der Waals surface area contributed by atoms with Crippen molar-refractivity contribution in [2.75, 3.05) is 7.11 Å². The normalized spacial score (nSPS) is 12.0. The van der Waals surface area contributed by atoms with E-state index in [2.05, 4.69) is 10.1 Å². The van der Waals surface area contributed by atoms with E-state index in [0.29, 0.717) is 23.5 Å². The molecule has 0 radical (unpaired) electrons. The van der Waals surface area contributed by atoms with Crippen LogP contribution in [-0.4, -0.2) is 25.0 Å². The minimum Gasteiger partial charge on any atom is -0.465 e. The van der Waals surface area contributed by atoms with Gasteiger partial charge in [-0.15, -0.1) is 0 Å². The summed E-state index contributed by atoms with van der Waals surface area (Å²) >= 11 is 0. The molecule has 0 spiro atoms. The van der Waals surface area contributed by atoms with Crippen molar-refractivity contribution in [1.82, 2.24) is 5.32 Å². The van der Waals surface area contributed by atoms with E-state index in [4.69, 9.17) is 10.2 Å². The lowest BCUT2D eigenvalue weighted by Crippen LogP contribution is -2.39. The van der Waals surface area contributed by atoms with Crippen LogP contribution in [0.2, 0.25) is 0 Å². The van der Waals surface area contributed by atoms with Crippen molar-refractivity contribution in [2.45, 2.75) is 39.3 Å². The Morgan fingerprint density at radius 1 is 1.53 bits per heavy atom. The molecule has 0 aliphatic heterocycles. The maximum absolute atomic E-state index is 11.6. The highest BCUT2D eigenvalue weighted by molar-refractivity contribution is 5.90. The van der Waals surface area contributed by atoms with Gasteiger partial charge in [0.1, 0.15) is 17.1 Å². The number of hydrogen-bond acceptors (Lipinski definition) is 5. The lowest BCUT2D eigenvalue weighted by molar-refractivity contribution is -0.122. The maximum atomic E-state index is 11.6. The van der Waals surface area contributed by atoms with Crippen LogP contribution in [0.15, 0.2) is 10.5 Å². The molecule has 1 rings (SSSR count). The van der Waals surface area contributed by atoms with Gasteiger partial charge in [0.25, 0.3) is 0 Å². The molecule has 1 amide bonds. The third kappa shape index (κ3) is 4.10. The fourth-order valence-electron chi connectivity index (χ4n) is 1.69. The number of amides is 1. The van der Waals surface area contributed by atoms with Crippen molar-refractivity contribution in [2.24, 2.45) is 5.73 Å². The van der Waals surface area contributed by atoms with Gasteiger partial charge in [-0.1, -0.05) is 13.3 Å². The average Bonchev–Trinajstić information content (AvgIpc) is 2.76. The number of aryl methyl sites for hydroxylation is 1. The molecule has 1 aromatic rings. The standard InChI is InChI=1S/C13H20N2O4/c1-4-5-11(14)12(16)15-7-9-6-10(8(2)19-9)13(17)18-3/h6,11H,4-5,7,14H2,1-3H3,(H,15,16). The number of carbonyl (C=O) groups is 2. The van der Waals surface area contributed by atoms with Gasteiger partial charge in [0.2, 0.25) is 5.91 Å². The van der Waals surface area contributed by atoms with Gasteiger partial charge in [-0.25, -0.2) is 4.79 Å². The van der Waals surface area contributed by atoms with E-state index in [1.54, 1.807) is 13.0 Å². The van der Waals surface area contributed by atoms with E-state index in [0.717, 1.165) is 6.42 Å². The van der Waals surface area contributed by atoms with Crippen molar-refractivity contribution < 1.29 is 18.7 Å². The van der Waals surface area contributed by atoms with Crippen LogP contribution in [0.5, 0.6) is 0 Å². The van der Waals surface area contributed by atoms with Crippen LogP contribution >= 0.6 is 0 Å². The Kier molecular flexibility index (Phi) is 5.57. The number of nitrogens with two attached hydrogens (primary N) is 1. The van der Waals surface area contributed by atoms with Crippen molar-refractivity contribution in [3.8, 4) is 0 Å². The van der Waals surface area contributed by atoms with Gasteiger partial charge in [-0.3, -0.25) is 4.79 Å². The highest BCUT2D eigenvalue weighted by atomic mass is 16.5. The summed E-state index contributed by atoms with van der Waals surface area (Å²) in [4.78, 5) is 23.0. The SMILES string of the molecule is CCCC(N)C(=O)NCc1cc(C(=O)OC)c(C)o1. The second kappa shape index (κ2) is 6.94. The predicted octanol–water partition coefficient (Wildman–Crippen LogP) is 1.12. The molecular formula is C13H20N2O4. The number of esters is 1. The first-order chi connectivity index (χ1) is 8.99. The van der Waals surface area contributed by atoms with Crippen LogP contribution in [0.4, 0.5) is 0 Å². The van der Waals surface area contributed by atoms with Gasteiger partial charge in [-0.05, 0) is 19.4 Å². The average molecular weight is 268 g/mol. The van der Waals surface area contributed by atoms with Gasteiger partial charge in [0, 0.05) is 0 Å². The van der Waals surface area contributed by atoms with Crippen LogP contribution in [0, 0.1) is 6.92 Å². The zero-order valence-electron chi connectivity index (χ0n) is 11.5. The Morgan fingerprint density at radius 3 is 2.79 bits per heavy atom. The van der Waals surface area contributed by atoms with Crippen LogP contribution in [-0.2, 0) is 16.1 Å². The fourth-order valence-corrected chi connectivity index (χ4v) is 1.69. The molecular weight excluding hydrogens is 248 g/mol. The summed E-state index contributed by atoms with van der Waals surface area (Å²) in [5.74, 6) is 0.279. The highest BCUT2D eigenvalue weighted by Gasteiger charge is 2.17. The molecule has 0 aliphatic carbocycles. The molecule has 1 unspecified atom stereocenters. The van der Waals surface area contributed by atoms with Crippen LogP contribution < -0.4 is 11.1 Å². The zero-order chi connectivity index (χ0) is 14.4. The van der Waals surface area contributed by atoms with Crippen LogP contribution in [0.3, 0.4) is 0 Å². The molecule has 0 fully saturated rings. The van der Waals surface area contributed by atoms with Gasteiger partial charge in [0.05, 0.1) is 19.7 Å². The number of methoxy groups -OCH3 is 1. The van der Waals surface area contributed by atoms with Crippen molar-refractivity contribution >= 4 is 11.9 Å². The van der Waals surface area contributed by atoms with Gasteiger partial charge in [-0.2, -0.15) is 0 Å². The summed E-state index contributed by atoms with van der Waals surface area (Å²) in [6.45, 7) is 3.83. The van der Waals surface area contributed by atoms with Gasteiger partial charge >= 0.3 is 5.97 Å². The minimum atomic E-state index is -0.513. The highest BCUT2D eigenvalue weighted by Crippen LogP contribution is 2.15. The molecule has 6 nitrogen and oxygen atoms in total. The Bertz CT molecular complexity index is 453. The van der Waals surface area contributed by atoms with E-state index in [1.165, 1.54) is 7.11 Å². The quantitative estimate of drug-likeness (QED) is 0.754. The van der Waals surface area contributed by atoms with Crippen molar-refractivity contribution in [1.29, 1.82) is 0 Å². The van der Waals surface area contributed by atoms with Crippen molar-refractivity contribution in [3.05, 3.63) is 23.2 Å². The van der Waals surface area contributed by atoms with Gasteiger partial charge < -0.3 is 20.2 Å². The second-order valence-corrected chi connectivity index (χ2v) is 4.29. The molecule has 0 saturated heterocycles. The molecule has 1 atom stereocenters. The lowest BCUT2D eigenvalue weighted by atomic mass is 10.1. The van der Waals surface area contributed by atoms with Crippen LogP contribution in [0.1, 0.15) is 41.6 Å². The van der Waals surface area contributed by atoms with E-state index in [-0.39, 0.29) is 12.5 Å². The smallest absolute Gasteiger partial charge is 0.341 e. The number of carbonyl (C=O) groups excluding carboxylic acids is 2. The summed E-state index contributed by atoms with van der Waals surface area (Å²) in [6, 6.07) is 1.05. The topological polar surface area (TPSA) is 94.6 Å². The molecule has 19 heavy (non-hydrogen) atoms. The largest absolute Gasteiger partial charge is 0.465 e. The Morgan fingerprint density at radius 2 is 2.21 bits per heavy atom. The Hall–Kier alpha value is -1.82. The lowest BCUT2D eigenvalue weighted by Gasteiger charge is -2.09. The summed E-state index contributed by atoms with van der Waals surface area (Å²) < 4.78 is 9.99. The van der Waals surface area contributed by atoms with Crippen molar-refractivity contribution in [3.63, 3.8) is 0 Å². The molecule has 6 heteroatoms. The van der Waals surface area contributed by atoms with E-state index in [9.17, 15) is 9.59 Å². The molecule has 1 aromatic heterocycles. The number of nitrogens with one attached hydrogen (secondary N) is 1. The third-order valence-corrected chi connectivity index (χ3v) is 2.75. The Labute approximate surface area is 112 Å². The van der Waals surface area contributed by atoms with E-state index < -0.39 is 12.0 Å². The number of ether oxygens (including phenoxy) is 1. The number of hydrogen-bond donors (Lipinski definition) is 2. The van der Waals surface area contributed by atoms with E-state index >= 15 is 0 Å². The minimum absolute atomic E-state index is 0.202. The molecule has 0 saturated carbocycles. The fraction of sp³-hybridized carbons (Fsp3) is 0.538. The van der Waals surface area contributed by atoms with Gasteiger partial charge in [0.15, 0.2) is 0 Å². The summed E-state index contributed by atoms with van der Waals surface area (Å²) in [6.07, 6.45) is 1.48. The first-order valence-corrected chi connectivity index (χ1v) is 6.20. The molecule has 1 heterocycles. The molecule has 0 aromatic carbocycles. The summed E-state index contributed by atoms with van der Waals surface area (Å²) in [7, 11) is 1.31. The summed E-state index contributed by atoms with van der Waals surface area (Å²) in [5.41, 5.74) is 6.05.